The van der Waals surface area contributed by atoms with Gasteiger partial charge in [-0.3, -0.25) is 0 Å². The molecular formula is C22H27NO4. The maximum atomic E-state index is 8.54. The average Bonchev–Trinajstić information content (AvgIpc) is 2.72. The van der Waals surface area contributed by atoms with Gasteiger partial charge in [0.05, 0.1) is 25.9 Å². The zero-order valence-electron chi connectivity index (χ0n) is 15.8. The van der Waals surface area contributed by atoms with Gasteiger partial charge in [0.25, 0.3) is 0 Å². The lowest BCUT2D eigenvalue weighted by atomic mass is 9.91. The highest BCUT2D eigenvalue weighted by molar-refractivity contribution is 5.89. The van der Waals surface area contributed by atoms with E-state index in [4.69, 9.17) is 24.4 Å². The van der Waals surface area contributed by atoms with Gasteiger partial charge in [-0.05, 0) is 11.1 Å². The number of rotatable bonds is 8. The first-order valence-corrected chi connectivity index (χ1v) is 9.23. The Morgan fingerprint density at radius 1 is 0.926 bits per heavy atom. The molecule has 0 saturated carbocycles. The molecule has 0 spiro atoms. The molecule has 0 amide bonds. The molecule has 2 aromatic carbocycles. The minimum atomic E-state index is -0.609. The number of methoxy groups -OCH3 is 1. The molecule has 1 aliphatic heterocycles. The maximum Gasteiger partial charge on any atom is 0.189 e. The molecule has 0 aromatic heterocycles. The van der Waals surface area contributed by atoms with Gasteiger partial charge in [-0.2, -0.15) is 0 Å². The number of nitrogens with one attached hydrogen (secondary N) is 1. The van der Waals surface area contributed by atoms with Crippen LogP contribution in [0, 0.1) is 11.3 Å². The quantitative estimate of drug-likeness (QED) is 0.768. The summed E-state index contributed by atoms with van der Waals surface area (Å²) in [5.74, 6) is -0.104. The molecule has 0 radical (unpaired) electrons. The van der Waals surface area contributed by atoms with Crippen LogP contribution in [0.15, 0.2) is 60.7 Å². The molecular weight excluding hydrogens is 342 g/mol. The van der Waals surface area contributed by atoms with E-state index >= 15 is 0 Å². The minimum Gasteiger partial charge on any atom is -0.374 e. The van der Waals surface area contributed by atoms with Crippen molar-refractivity contribution in [3.63, 3.8) is 0 Å². The Labute approximate surface area is 160 Å². The lowest BCUT2D eigenvalue weighted by Crippen LogP contribution is -2.53. The molecule has 0 bridgehead atoms. The first-order valence-electron chi connectivity index (χ1n) is 9.23. The van der Waals surface area contributed by atoms with Crippen LogP contribution in [0.25, 0.3) is 0 Å². The topological polar surface area (TPSA) is 60.8 Å². The second-order valence-electron chi connectivity index (χ2n) is 6.74. The van der Waals surface area contributed by atoms with Crippen molar-refractivity contribution >= 4 is 5.71 Å². The van der Waals surface area contributed by atoms with Crippen LogP contribution >= 0.6 is 0 Å². The van der Waals surface area contributed by atoms with Crippen molar-refractivity contribution in [3.05, 3.63) is 71.8 Å². The number of ether oxygens (including phenoxy) is 4. The van der Waals surface area contributed by atoms with Gasteiger partial charge in [0.15, 0.2) is 6.29 Å². The van der Waals surface area contributed by atoms with Crippen LogP contribution in [0.5, 0.6) is 0 Å². The first kappa shape index (κ1) is 19.7. The first-order chi connectivity index (χ1) is 13.2. The molecule has 5 nitrogen and oxygen atoms in total. The number of hydrogen-bond donors (Lipinski definition) is 1. The van der Waals surface area contributed by atoms with Crippen molar-refractivity contribution in [3.8, 4) is 0 Å². The largest absolute Gasteiger partial charge is 0.374 e. The molecule has 1 heterocycles. The fourth-order valence-electron chi connectivity index (χ4n) is 3.13. The zero-order chi connectivity index (χ0) is 19.1. The van der Waals surface area contributed by atoms with E-state index in [1.807, 2.05) is 67.6 Å². The number of hydrogen-bond acceptors (Lipinski definition) is 5. The fourth-order valence-corrected chi connectivity index (χ4v) is 3.13. The Bertz CT molecular complexity index is 707. The third-order valence-corrected chi connectivity index (χ3v) is 4.81. The molecule has 0 aliphatic carbocycles. The van der Waals surface area contributed by atoms with Crippen LogP contribution in [-0.2, 0) is 32.2 Å². The van der Waals surface area contributed by atoms with Crippen molar-refractivity contribution < 1.29 is 18.9 Å². The predicted octanol–water partition coefficient (Wildman–Crippen LogP) is 3.82. The van der Waals surface area contributed by atoms with Gasteiger partial charge >= 0.3 is 0 Å². The summed E-state index contributed by atoms with van der Waals surface area (Å²) in [5, 5.41) is 8.54. The molecule has 3 rings (SSSR count). The third-order valence-electron chi connectivity index (χ3n) is 4.81. The summed E-state index contributed by atoms with van der Waals surface area (Å²) in [6.45, 7) is 3.32. The molecule has 1 fully saturated rings. The fraction of sp³-hybridized carbons (Fsp3) is 0.409. The molecule has 2 unspecified atom stereocenters. The van der Waals surface area contributed by atoms with E-state index in [1.54, 1.807) is 7.11 Å². The van der Waals surface area contributed by atoms with Gasteiger partial charge in [-0.25, -0.2) is 0 Å². The Kier molecular flexibility index (Phi) is 7.12. The van der Waals surface area contributed by atoms with Gasteiger partial charge in [-0.1, -0.05) is 67.6 Å². The van der Waals surface area contributed by atoms with Gasteiger partial charge < -0.3 is 24.4 Å². The van der Waals surface area contributed by atoms with Crippen molar-refractivity contribution in [2.75, 3.05) is 13.7 Å². The normalized spacial score (nSPS) is 25.5. The highest BCUT2D eigenvalue weighted by atomic mass is 16.7. The summed E-state index contributed by atoms with van der Waals surface area (Å²) in [7, 11) is 1.58. The van der Waals surface area contributed by atoms with Crippen LogP contribution in [-0.4, -0.2) is 37.9 Å². The van der Waals surface area contributed by atoms with E-state index in [2.05, 4.69) is 0 Å². The molecule has 27 heavy (non-hydrogen) atoms. The highest BCUT2D eigenvalue weighted by Crippen LogP contribution is 2.26. The Morgan fingerprint density at radius 2 is 1.52 bits per heavy atom. The molecule has 5 heteroatoms. The molecule has 2 aromatic rings. The van der Waals surface area contributed by atoms with E-state index < -0.39 is 12.4 Å². The van der Waals surface area contributed by atoms with Crippen LogP contribution in [0.4, 0.5) is 0 Å². The lowest BCUT2D eigenvalue weighted by Gasteiger charge is -2.39. The van der Waals surface area contributed by atoms with Crippen molar-refractivity contribution in [2.45, 2.75) is 38.6 Å². The summed E-state index contributed by atoms with van der Waals surface area (Å²) < 4.78 is 23.3. The van der Waals surface area contributed by atoms with E-state index in [-0.39, 0.29) is 12.0 Å². The van der Waals surface area contributed by atoms with Gasteiger partial charge in [0.2, 0.25) is 0 Å². The van der Waals surface area contributed by atoms with Crippen molar-refractivity contribution in [2.24, 2.45) is 5.92 Å². The second-order valence-corrected chi connectivity index (χ2v) is 6.74. The van der Waals surface area contributed by atoms with Crippen LogP contribution in [0.3, 0.4) is 0 Å². The smallest absolute Gasteiger partial charge is 0.189 e. The van der Waals surface area contributed by atoms with Crippen molar-refractivity contribution in [1.82, 2.24) is 0 Å². The van der Waals surface area contributed by atoms with Crippen molar-refractivity contribution in [1.29, 1.82) is 5.41 Å². The zero-order valence-corrected chi connectivity index (χ0v) is 15.8. The molecule has 4 atom stereocenters. The summed E-state index contributed by atoms with van der Waals surface area (Å²) in [4.78, 5) is 0. The van der Waals surface area contributed by atoms with E-state index in [0.29, 0.717) is 25.5 Å². The lowest BCUT2D eigenvalue weighted by molar-refractivity contribution is -0.229. The SMILES string of the molecule is CO[C@@H]1OC(COCc2ccccc2)[C@H](C)C(=N)C1OCc1ccccc1. The second kappa shape index (κ2) is 9.76. The van der Waals surface area contributed by atoms with E-state index in [1.165, 1.54) is 0 Å². The molecule has 144 valence electrons. The highest BCUT2D eigenvalue weighted by Gasteiger charge is 2.41. The standard InChI is InChI=1S/C22H27NO4/c1-16-19(15-25-13-17-9-5-3-6-10-17)27-22(24-2)21(20(16)23)26-14-18-11-7-4-8-12-18/h3-12,16,19,21-23H,13-15H2,1-2H3/t16-,19?,21?,22+/m0/s1. The van der Waals surface area contributed by atoms with Crippen LogP contribution in [0.1, 0.15) is 18.1 Å². The molecule has 1 saturated heterocycles. The monoisotopic (exact) mass is 369 g/mol. The van der Waals surface area contributed by atoms with E-state index in [9.17, 15) is 0 Å². The predicted molar refractivity (Wildman–Crippen MR) is 104 cm³/mol. The Morgan fingerprint density at radius 3 is 2.11 bits per heavy atom. The van der Waals surface area contributed by atoms with E-state index in [0.717, 1.165) is 11.1 Å². The van der Waals surface area contributed by atoms with Gasteiger partial charge in [-0.15, -0.1) is 0 Å². The van der Waals surface area contributed by atoms with Gasteiger partial charge in [0.1, 0.15) is 6.10 Å². The molecule has 1 N–H and O–H groups in total. The number of benzene rings is 2. The Balaban J connectivity index is 1.55. The minimum absolute atomic E-state index is 0.104. The maximum absolute atomic E-state index is 8.54. The summed E-state index contributed by atoms with van der Waals surface area (Å²) in [6, 6.07) is 19.9. The van der Waals surface area contributed by atoms with Gasteiger partial charge in [0, 0.05) is 18.7 Å². The average molecular weight is 369 g/mol. The summed E-state index contributed by atoms with van der Waals surface area (Å²) >= 11 is 0. The third kappa shape index (κ3) is 5.23. The summed E-state index contributed by atoms with van der Waals surface area (Å²) in [6.07, 6.45) is -1.36. The van der Waals surface area contributed by atoms with Crippen LogP contribution < -0.4 is 0 Å². The summed E-state index contributed by atoms with van der Waals surface area (Å²) in [5.41, 5.74) is 2.65. The molecule has 1 aliphatic rings. The van der Waals surface area contributed by atoms with Crippen LogP contribution in [0.2, 0.25) is 0 Å². The Hall–Kier alpha value is -2.05.